The number of nitrogens with zero attached hydrogens (tertiary/aromatic N) is 2. The molecule has 0 bridgehead atoms. The molecule has 0 aliphatic carbocycles. The van der Waals surface area contributed by atoms with Crippen molar-refractivity contribution in [1.29, 1.82) is 0 Å². The summed E-state index contributed by atoms with van der Waals surface area (Å²) < 4.78 is 22.7. The maximum atomic E-state index is 12.7. The molecule has 7 heteroatoms. The zero-order valence-corrected chi connectivity index (χ0v) is 17.0. The van der Waals surface area contributed by atoms with E-state index >= 15 is 0 Å². The number of carbonyl (C=O) groups excluding carboxylic acids is 1. The number of nitrogens with two attached hydrogens (primary N) is 1. The molecule has 0 atom stereocenters. The maximum Gasteiger partial charge on any atom is 0.238 e. The lowest BCUT2D eigenvalue weighted by Crippen LogP contribution is -2.36. The van der Waals surface area contributed by atoms with Gasteiger partial charge >= 0.3 is 0 Å². The molecule has 0 spiro atoms. The molecule has 2 aromatic carbocycles. The Kier molecular flexibility index (Phi) is 6.49. The molecule has 1 aliphatic heterocycles. The van der Waals surface area contributed by atoms with Gasteiger partial charge in [0.05, 0.1) is 11.3 Å². The number of carbonyl (C=O) groups is 1. The third-order valence-corrected chi connectivity index (χ3v) is 6.13. The summed E-state index contributed by atoms with van der Waals surface area (Å²) in [6, 6.07) is 14.6. The Morgan fingerprint density at radius 2 is 1.71 bits per heavy atom. The van der Waals surface area contributed by atoms with Crippen molar-refractivity contribution in [1.82, 2.24) is 9.80 Å². The van der Waals surface area contributed by atoms with E-state index in [1.807, 2.05) is 4.90 Å². The number of sulfonamides is 1. The van der Waals surface area contributed by atoms with Crippen LogP contribution in [0.25, 0.3) is 0 Å². The van der Waals surface area contributed by atoms with Crippen molar-refractivity contribution in [3.63, 3.8) is 0 Å². The Bertz CT molecular complexity index is 926. The Labute approximate surface area is 167 Å². The summed E-state index contributed by atoms with van der Waals surface area (Å²) in [5, 5.41) is 5.11. The molecule has 150 valence electrons. The van der Waals surface area contributed by atoms with Gasteiger partial charge in [-0.15, -0.1) is 0 Å². The van der Waals surface area contributed by atoms with Crippen LogP contribution in [-0.4, -0.2) is 50.3 Å². The number of aryl methyl sites for hydroxylation is 1. The highest BCUT2D eigenvalue weighted by atomic mass is 32.2. The molecule has 1 fully saturated rings. The molecule has 0 saturated carbocycles. The molecule has 0 radical (unpaired) electrons. The molecule has 28 heavy (non-hydrogen) atoms. The van der Waals surface area contributed by atoms with E-state index in [1.165, 1.54) is 23.3 Å². The van der Waals surface area contributed by atoms with Gasteiger partial charge in [-0.2, -0.15) is 0 Å². The molecule has 1 heterocycles. The van der Waals surface area contributed by atoms with E-state index in [1.54, 1.807) is 12.1 Å². The molecule has 0 unspecified atom stereocenters. The van der Waals surface area contributed by atoms with Crippen LogP contribution in [-0.2, 0) is 27.8 Å². The van der Waals surface area contributed by atoms with Gasteiger partial charge in [0, 0.05) is 32.7 Å². The first-order valence-corrected chi connectivity index (χ1v) is 11.0. The van der Waals surface area contributed by atoms with E-state index in [4.69, 9.17) is 5.14 Å². The van der Waals surface area contributed by atoms with Crippen LogP contribution in [0.15, 0.2) is 53.4 Å². The molecular weight excluding hydrogens is 374 g/mol. The minimum atomic E-state index is -3.71. The van der Waals surface area contributed by atoms with Crippen LogP contribution < -0.4 is 5.14 Å². The number of hydrogen-bond acceptors (Lipinski definition) is 4. The van der Waals surface area contributed by atoms with E-state index in [-0.39, 0.29) is 17.2 Å². The summed E-state index contributed by atoms with van der Waals surface area (Å²) >= 11 is 0. The third-order valence-electron chi connectivity index (χ3n) is 5.20. The van der Waals surface area contributed by atoms with Crippen LogP contribution in [0.2, 0.25) is 0 Å². The zero-order valence-electron chi connectivity index (χ0n) is 16.2. The highest BCUT2D eigenvalue weighted by molar-refractivity contribution is 7.89. The van der Waals surface area contributed by atoms with E-state index in [2.05, 4.69) is 36.1 Å². The van der Waals surface area contributed by atoms with Gasteiger partial charge in [-0.1, -0.05) is 36.4 Å². The SMILES string of the molecule is Cc1ccccc1CN1CCCN(C(=O)Cc2ccc(S(N)(=O)=O)cc2)CC1. The van der Waals surface area contributed by atoms with Crippen molar-refractivity contribution >= 4 is 15.9 Å². The van der Waals surface area contributed by atoms with Gasteiger partial charge in [-0.3, -0.25) is 9.69 Å². The zero-order chi connectivity index (χ0) is 20.1. The number of amides is 1. The van der Waals surface area contributed by atoms with Gasteiger partial charge in [0.25, 0.3) is 0 Å². The van der Waals surface area contributed by atoms with Crippen molar-refractivity contribution in [2.75, 3.05) is 26.2 Å². The normalized spacial score (nSPS) is 16.0. The fourth-order valence-corrected chi connectivity index (χ4v) is 4.01. The Morgan fingerprint density at radius 1 is 1.00 bits per heavy atom. The second kappa shape index (κ2) is 8.86. The largest absolute Gasteiger partial charge is 0.341 e. The fourth-order valence-electron chi connectivity index (χ4n) is 3.49. The quantitative estimate of drug-likeness (QED) is 0.830. The van der Waals surface area contributed by atoms with E-state index in [0.29, 0.717) is 6.54 Å². The minimum absolute atomic E-state index is 0.0605. The average Bonchev–Trinajstić information content (AvgIpc) is 2.89. The van der Waals surface area contributed by atoms with Crippen molar-refractivity contribution in [3.8, 4) is 0 Å². The predicted molar refractivity (Wildman–Crippen MR) is 109 cm³/mol. The van der Waals surface area contributed by atoms with Crippen LogP contribution in [0.1, 0.15) is 23.1 Å². The van der Waals surface area contributed by atoms with Crippen molar-refractivity contribution in [2.45, 2.75) is 31.2 Å². The lowest BCUT2D eigenvalue weighted by molar-refractivity contribution is -0.130. The Balaban J connectivity index is 1.56. The smallest absolute Gasteiger partial charge is 0.238 e. The van der Waals surface area contributed by atoms with Crippen LogP contribution in [0.4, 0.5) is 0 Å². The second-order valence-electron chi connectivity index (χ2n) is 7.30. The minimum Gasteiger partial charge on any atom is -0.341 e. The van der Waals surface area contributed by atoms with Gasteiger partial charge in [0.1, 0.15) is 0 Å². The van der Waals surface area contributed by atoms with Crippen LogP contribution >= 0.6 is 0 Å². The molecule has 0 aromatic heterocycles. The molecule has 1 saturated heterocycles. The van der Waals surface area contributed by atoms with Gasteiger partial charge in [0.2, 0.25) is 15.9 Å². The van der Waals surface area contributed by atoms with Gasteiger partial charge in [-0.25, -0.2) is 13.6 Å². The Hall–Kier alpha value is -2.22. The number of rotatable bonds is 5. The summed E-state index contributed by atoms with van der Waals surface area (Å²) in [6.45, 7) is 6.32. The summed E-state index contributed by atoms with van der Waals surface area (Å²) in [5.41, 5.74) is 3.42. The van der Waals surface area contributed by atoms with Crippen LogP contribution in [0.5, 0.6) is 0 Å². The standard InChI is InChI=1S/C21H27N3O3S/c1-17-5-2-3-6-19(17)16-23-11-4-12-24(14-13-23)21(25)15-18-7-9-20(10-8-18)28(22,26)27/h2-3,5-10H,4,11-16H2,1H3,(H2,22,26,27). The van der Waals surface area contributed by atoms with E-state index in [0.717, 1.165) is 38.2 Å². The molecule has 6 nitrogen and oxygen atoms in total. The fraction of sp³-hybridized carbons (Fsp3) is 0.381. The average molecular weight is 402 g/mol. The first-order chi connectivity index (χ1) is 13.3. The van der Waals surface area contributed by atoms with Crippen LogP contribution in [0.3, 0.4) is 0 Å². The van der Waals surface area contributed by atoms with Gasteiger partial charge in [0.15, 0.2) is 0 Å². The highest BCUT2D eigenvalue weighted by Crippen LogP contribution is 2.14. The highest BCUT2D eigenvalue weighted by Gasteiger charge is 2.20. The molecule has 1 amide bonds. The Morgan fingerprint density at radius 3 is 2.39 bits per heavy atom. The predicted octanol–water partition coefficient (Wildman–Crippen LogP) is 1.92. The molecule has 1 aliphatic rings. The summed E-state index contributed by atoms with van der Waals surface area (Å²) in [6.07, 6.45) is 1.21. The lowest BCUT2D eigenvalue weighted by Gasteiger charge is -2.22. The summed E-state index contributed by atoms with van der Waals surface area (Å²) in [7, 11) is -3.71. The van der Waals surface area contributed by atoms with Crippen LogP contribution in [0, 0.1) is 6.92 Å². The van der Waals surface area contributed by atoms with E-state index in [9.17, 15) is 13.2 Å². The summed E-state index contributed by atoms with van der Waals surface area (Å²) in [4.78, 5) is 17.1. The number of primary sulfonamides is 1. The molecule has 3 rings (SSSR count). The van der Waals surface area contributed by atoms with Crippen molar-refractivity contribution in [2.24, 2.45) is 5.14 Å². The number of hydrogen-bond donors (Lipinski definition) is 1. The lowest BCUT2D eigenvalue weighted by atomic mass is 10.1. The maximum absolute atomic E-state index is 12.7. The first kappa shape index (κ1) is 20.5. The topological polar surface area (TPSA) is 83.7 Å². The van der Waals surface area contributed by atoms with E-state index < -0.39 is 10.0 Å². The monoisotopic (exact) mass is 401 g/mol. The van der Waals surface area contributed by atoms with Crippen molar-refractivity contribution in [3.05, 3.63) is 65.2 Å². The molecule has 2 N–H and O–H groups in total. The number of benzene rings is 2. The third kappa shape index (κ3) is 5.41. The second-order valence-corrected chi connectivity index (χ2v) is 8.86. The van der Waals surface area contributed by atoms with Gasteiger partial charge < -0.3 is 4.90 Å². The first-order valence-electron chi connectivity index (χ1n) is 9.49. The molecule has 2 aromatic rings. The van der Waals surface area contributed by atoms with Gasteiger partial charge in [-0.05, 0) is 42.2 Å². The molecular formula is C21H27N3O3S. The summed E-state index contributed by atoms with van der Waals surface area (Å²) in [5.74, 6) is 0.0705. The van der Waals surface area contributed by atoms with Crippen molar-refractivity contribution < 1.29 is 13.2 Å².